The Morgan fingerprint density at radius 3 is 1.55 bits per heavy atom. The summed E-state index contributed by atoms with van der Waals surface area (Å²) in [6, 6.07) is 81.8. The number of aromatic nitrogens is 1. The minimum absolute atomic E-state index is 0.481. The van der Waals surface area contributed by atoms with Crippen LogP contribution in [0, 0.1) is 0 Å². The summed E-state index contributed by atoms with van der Waals surface area (Å²) in [5.41, 5.74) is 16.3. The molecule has 1 heterocycles. The van der Waals surface area contributed by atoms with Crippen molar-refractivity contribution < 1.29 is 0 Å². The molecular formula is C55H37BrN2. The molecule has 0 aliphatic heterocycles. The topological polar surface area (TPSA) is 8.17 Å². The Morgan fingerprint density at radius 2 is 0.897 bits per heavy atom. The van der Waals surface area contributed by atoms with E-state index in [0.29, 0.717) is 0 Å². The molecule has 1 aliphatic rings. The number of anilines is 3. The molecule has 0 amide bonds. The van der Waals surface area contributed by atoms with Gasteiger partial charge >= 0.3 is 0 Å². The Bertz CT molecular complexity index is 3020. The second-order valence-electron chi connectivity index (χ2n) is 15.0. The van der Waals surface area contributed by atoms with Crippen molar-refractivity contribution in [1.29, 1.82) is 0 Å². The molecule has 9 aromatic carbocycles. The van der Waals surface area contributed by atoms with Gasteiger partial charge in [-0.3, -0.25) is 0 Å². The largest absolute Gasteiger partial charge is 0.310 e. The summed E-state index contributed by atoms with van der Waals surface area (Å²) in [6.07, 6.45) is 0. The highest BCUT2D eigenvalue weighted by Crippen LogP contribution is 2.57. The van der Waals surface area contributed by atoms with Crippen LogP contribution in [0.4, 0.5) is 17.1 Å². The van der Waals surface area contributed by atoms with Gasteiger partial charge in [-0.05, 0) is 111 Å². The third kappa shape index (κ3) is 5.39. The normalized spacial score (nSPS) is 12.7. The molecule has 0 saturated heterocycles. The molecule has 0 saturated carbocycles. The first-order valence-corrected chi connectivity index (χ1v) is 20.6. The van der Waals surface area contributed by atoms with E-state index in [2.05, 4.69) is 250 Å². The van der Waals surface area contributed by atoms with Crippen molar-refractivity contribution in [2.75, 3.05) is 4.90 Å². The Labute approximate surface area is 347 Å². The fraction of sp³-hybridized carbons (Fsp3) is 0.0182. The average molecular weight is 806 g/mol. The minimum Gasteiger partial charge on any atom is -0.310 e. The quantitative estimate of drug-likeness (QED) is 0.156. The molecular weight excluding hydrogens is 769 g/mol. The Morgan fingerprint density at radius 1 is 0.379 bits per heavy atom. The number of fused-ring (bicyclic) bond motifs is 6. The van der Waals surface area contributed by atoms with Crippen LogP contribution >= 0.6 is 15.9 Å². The SMILES string of the molecule is Brc1cc(-c2ccc(N(c3ccccc3)c3ccc4c(c3)C(c3ccccc3)(c3ccccc3)c3ccccc3-4)cc2)cc(-n2c3ccccc3c3ccccc32)c1. The van der Waals surface area contributed by atoms with Gasteiger partial charge in [0.05, 0.1) is 16.4 Å². The number of halogens is 1. The first kappa shape index (κ1) is 34.3. The van der Waals surface area contributed by atoms with E-state index in [4.69, 9.17) is 0 Å². The van der Waals surface area contributed by atoms with Crippen molar-refractivity contribution in [3.05, 3.63) is 251 Å². The summed E-state index contributed by atoms with van der Waals surface area (Å²) >= 11 is 3.88. The molecule has 0 fully saturated rings. The molecule has 3 heteroatoms. The summed E-state index contributed by atoms with van der Waals surface area (Å²) in [5.74, 6) is 0. The van der Waals surface area contributed by atoms with Crippen LogP contribution in [0.3, 0.4) is 0 Å². The number of para-hydroxylation sites is 3. The zero-order chi connectivity index (χ0) is 38.6. The number of nitrogens with zero attached hydrogens (tertiary/aromatic N) is 2. The lowest BCUT2D eigenvalue weighted by Gasteiger charge is -2.35. The predicted molar refractivity (Wildman–Crippen MR) is 246 cm³/mol. The highest BCUT2D eigenvalue weighted by atomic mass is 79.9. The van der Waals surface area contributed by atoms with Crippen molar-refractivity contribution in [2.45, 2.75) is 5.41 Å². The molecule has 274 valence electrons. The lowest BCUT2D eigenvalue weighted by Crippen LogP contribution is -2.28. The molecule has 10 aromatic rings. The number of hydrogen-bond donors (Lipinski definition) is 0. The summed E-state index contributed by atoms with van der Waals surface area (Å²) in [7, 11) is 0. The minimum atomic E-state index is -0.481. The van der Waals surface area contributed by atoms with E-state index in [-0.39, 0.29) is 0 Å². The highest BCUT2D eigenvalue weighted by Gasteiger charge is 2.46. The Kier molecular flexibility index (Phi) is 8.23. The van der Waals surface area contributed by atoms with Crippen molar-refractivity contribution in [1.82, 2.24) is 4.57 Å². The van der Waals surface area contributed by atoms with Crippen LogP contribution in [0.2, 0.25) is 0 Å². The Hall–Kier alpha value is -6.94. The van der Waals surface area contributed by atoms with Gasteiger partial charge in [0.1, 0.15) is 0 Å². The van der Waals surface area contributed by atoms with Crippen LogP contribution in [0.15, 0.2) is 229 Å². The molecule has 2 nitrogen and oxygen atoms in total. The maximum Gasteiger partial charge on any atom is 0.0714 e. The van der Waals surface area contributed by atoms with Gasteiger partial charge in [-0.1, -0.05) is 174 Å². The molecule has 11 rings (SSSR count). The summed E-state index contributed by atoms with van der Waals surface area (Å²) in [5, 5.41) is 2.51. The van der Waals surface area contributed by atoms with Gasteiger partial charge in [-0.2, -0.15) is 0 Å². The van der Waals surface area contributed by atoms with Gasteiger partial charge in [0.2, 0.25) is 0 Å². The fourth-order valence-corrected chi connectivity index (χ4v) is 9.95. The molecule has 0 bridgehead atoms. The number of benzene rings is 9. The summed E-state index contributed by atoms with van der Waals surface area (Å²) < 4.78 is 3.41. The van der Waals surface area contributed by atoms with E-state index >= 15 is 0 Å². The van der Waals surface area contributed by atoms with Crippen LogP contribution in [0.25, 0.3) is 49.7 Å². The molecule has 1 aromatic heterocycles. The monoisotopic (exact) mass is 804 g/mol. The van der Waals surface area contributed by atoms with E-state index in [9.17, 15) is 0 Å². The number of rotatable bonds is 7. The third-order valence-corrected chi connectivity index (χ3v) is 12.4. The molecule has 0 atom stereocenters. The van der Waals surface area contributed by atoms with Crippen LogP contribution in [-0.2, 0) is 5.41 Å². The maximum atomic E-state index is 3.88. The second-order valence-corrected chi connectivity index (χ2v) is 16.0. The molecule has 58 heavy (non-hydrogen) atoms. The third-order valence-electron chi connectivity index (χ3n) is 11.9. The van der Waals surface area contributed by atoms with Crippen molar-refractivity contribution >= 4 is 54.8 Å². The first-order chi connectivity index (χ1) is 28.7. The van der Waals surface area contributed by atoms with Crippen molar-refractivity contribution in [3.63, 3.8) is 0 Å². The molecule has 0 unspecified atom stereocenters. The van der Waals surface area contributed by atoms with E-state index in [1.807, 2.05) is 0 Å². The summed E-state index contributed by atoms with van der Waals surface area (Å²) in [6.45, 7) is 0. The highest BCUT2D eigenvalue weighted by molar-refractivity contribution is 9.10. The van der Waals surface area contributed by atoms with Crippen LogP contribution in [0.1, 0.15) is 22.3 Å². The zero-order valence-electron chi connectivity index (χ0n) is 31.6. The van der Waals surface area contributed by atoms with E-state index in [0.717, 1.165) is 38.3 Å². The molecule has 0 radical (unpaired) electrons. The first-order valence-electron chi connectivity index (χ1n) is 19.8. The maximum absolute atomic E-state index is 3.88. The van der Waals surface area contributed by atoms with E-state index < -0.39 is 5.41 Å². The van der Waals surface area contributed by atoms with Crippen LogP contribution in [-0.4, -0.2) is 4.57 Å². The van der Waals surface area contributed by atoms with Crippen LogP contribution < -0.4 is 4.90 Å². The lowest BCUT2D eigenvalue weighted by molar-refractivity contribution is 0.768. The van der Waals surface area contributed by atoms with Crippen molar-refractivity contribution in [3.8, 4) is 27.9 Å². The van der Waals surface area contributed by atoms with E-state index in [1.54, 1.807) is 0 Å². The lowest BCUT2D eigenvalue weighted by atomic mass is 9.67. The van der Waals surface area contributed by atoms with Gasteiger partial charge in [-0.25, -0.2) is 0 Å². The van der Waals surface area contributed by atoms with Crippen molar-refractivity contribution in [2.24, 2.45) is 0 Å². The van der Waals surface area contributed by atoms with E-state index in [1.165, 1.54) is 55.2 Å². The van der Waals surface area contributed by atoms with Gasteiger partial charge in [0.25, 0.3) is 0 Å². The molecule has 1 aliphatic carbocycles. The molecule has 0 N–H and O–H groups in total. The number of hydrogen-bond acceptors (Lipinski definition) is 1. The predicted octanol–water partition coefficient (Wildman–Crippen LogP) is 15.0. The standard InChI is InChI=1S/C55H37BrN2/c56-42-34-39(35-46(36-42)58-53-26-14-11-23-49(53)50-24-12-15-27-54(50)58)38-28-30-44(31-29-38)57(43-20-8-3-9-21-43)45-32-33-48-47-22-10-13-25-51(47)55(52(48)37-45,40-16-4-1-5-17-40)41-18-6-2-7-19-41/h1-37H. The summed E-state index contributed by atoms with van der Waals surface area (Å²) in [4.78, 5) is 2.39. The van der Waals surface area contributed by atoms with Gasteiger partial charge < -0.3 is 9.47 Å². The zero-order valence-corrected chi connectivity index (χ0v) is 33.2. The van der Waals surface area contributed by atoms with Gasteiger partial charge in [-0.15, -0.1) is 0 Å². The van der Waals surface area contributed by atoms with Gasteiger partial charge in [0, 0.05) is 38.0 Å². The second kappa shape index (κ2) is 13.9. The average Bonchev–Trinajstić information content (AvgIpc) is 3.78. The fourth-order valence-electron chi connectivity index (χ4n) is 9.47. The smallest absolute Gasteiger partial charge is 0.0714 e. The van der Waals surface area contributed by atoms with Gasteiger partial charge in [0.15, 0.2) is 0 Å². The Balaban J connectivity index is 1.05. The van der Waals surface area contributed by atoms with Crippen LogP contribution in [0.5, 0.6) is 0 Å². The molecule has 0 spiro atoms.